The van der Waals surface area contributed by atoms with Crippen molar-refractivity contribution in [2.75, 3.05) is 13.2 Å². The fourth-order valence-corrected chi connectivity index (χ4v) is 0.978. The van der Waals surface area contributed by atoms with Crippen LogP contribution in [0.1, 0.15) is 0 Å². The monoisotopic (exact) mass is 179 g/mol. The lowest BCUT2D eigenvalue weighted by Gasteiger charge is -2.01. The van der Waals surface area contributed by atoms with E-state index in [1.54, 1.807) is 12.3 Å². The van der Waals surface area contributed by atoms with E-state index in [2.05, 4.69) is 20.4 Å². The summed E-state index contributed by atoms with van der Waals surface area (Å²) in [6.45, 7) is 0.960. The number of rotatable bonds is 3. The van der Waals surface area contributed by atoms with Crippen LogP contribution in [0.2, 0.25) is 0 Å². The van der Waals surface area contributed by atoms with E-state index < -0.39 is 0 Å². The molecular formula is C7H9N5O. The molecule has 0 unspecified atom stereocenters. The molecule has 0 aliphatic heterocycles. The van der Waals surface area contributed by atoms with E-state index in [0.717, 1.165) is 0 Å². The van der Waals surface area contributed by atoms with Gasteiger partial charge in [0.1, 0.15) is 17.9 Å². The van der Waals surface area contributed by atoms with Gasteiger partial charge in [-0.05, 0) is 0 Å². The first-order valence-corrected chi connectivity index (χ1v) is 3.89. The molecule has 0 aliphatic rings. The van der Waals surface area contributed by atoms with Crippen LogP contribution in [0.4, 0.5) is 0 Å². The molecule has 0 bridgehead atoms. The number of H-pyrrole nitrogens is 1. The summed E-state index contributed by atoms with van der Waals surface area (Å²) in [5.74, 6) is 0.659. The standard InChI is InChI=1S/C7H9N5O/c8-1-2-13-5-3-6-7(9-4-5)11-12-10-6/h3-4H,1-2,8H2,(H,9,10,11,12). The van der Waals surface area contributed by atoms with Crippen molar-refractivity contribution >= 4 is 11.2 Å². The second-order valence-corrected chi connectivity index (χ2v) is 2.47. The zero-order valence-electron chi connectivity index (χ0n) is 6.90. The van der Waals surface area contributed by atoms with Gasteiger partial charge in [0.2, 0.25) is 5.65 Å². The van der Waals surface area contributed by atoms with E-state index in [4.69, 9.17) is 10.5 Å². The number of nitrogens with two attached hydrogens (primary N) is 1. The highest BCUT2D eigenvalue weighted by Gasteiger charge is 2.00. The molecule has 13 heavy (non-hydrogen) atoms. The van der Waals surface area contributed by atoms with Gasteiger partial charge >= 0.3 is 0 Å². The lowest BCUT2D eigenvalue weighted by molar-refractivity contribution is 0.327. The molecule has 0 saturated heterocycles. The Hall–Kier alpha value is -1.69. The average Bonchev–Trinajstić information content (AvgIpc) is 2.61. The van der Waals surface area contributed by atoms with Gasteiger partial charge in [-0.15, -0.1) is 5.10 Å². The average molecular weight is 179 g/mol. The first kappa shape index (κ1) is 7.93. The maximum atomic E-state index is 5.29. The Balaban J connectivity index is 2.26. The lowest BCUT2D eigenvalue weighted by Crippen LogP contribution is -2.10. The zero-order valence-corrected chi connectivity index (χ0v) is 6.90. The number of aromatic nitrogens is 4. The van der Waals surface area contributed by atoms with Crippen molar-refractivity contribution in [2.24, 2.45) is 5.73 Å². The molecule has 0 radical (unpaired) electrons. The quantitative estimate of drug-likeness (QED) is 0.674. The first-order chi connectivity index (χ1) is 6.40. The van der Waals surface area contributed by atoms with Gasteiger partial charge < -0.3 is 10.5 Å². The molecule has 3 N–H and O–H groups in total. The summed E-state index contributed by atoms with van der Waals surface area (Å²) in [6.07, 6.45) is 1.60. The Morgan fingerprint density at radius 3 is 3.23 bits per heavy atom. The van der Waals surface area contributed by atoms with Gasteiger partial charge in [0.15, 0.2) is 0 Å². The molecule has 0 atom stereocenters. The van der Waals surface area contributed by atoms with Crippen molar-refractivity contribution in [2.45, 2.75) is 0 Å². The Morgan fingerprint density at radius 2 is 2.38 bits per heavy atom. The Morgan fingerprint density at radius 1 is 1.46 bits per heavy atom. The highest BCUT2D eigenvalue weighted by Crippen LogP contribution is 2.13. The number of nitrogens with one attached hydrogen (secondary N) is 1. The molecule has 0 saturated carbocycles. The maximum absolute atomic E-state index is 5.29. The van der Waals surface area contributed by atoms with Gasteiger partial charge in [-0.1, -0.05) is 0 Å². The summed E-state index contributed by atoms with van der Waals surface area (Å²) in [7, 11) is 0. The number of nitrogens with zero attached hydrogens (tertiary/aromatic N) is 3. The molecule has 68 valence electrons. The summed E-state index contributed by atoms with van der Waals surface area (Å²) in [5, 5.41) is 10.2. The largest absolute Gasteiger partial charge is 0.491 e. The number of ether oxygens (including phenoxy) is 1. The second-order valence-electron chi connectivity index (χ2n) is 2.47. The maximum Gasteiger partial charge on any atom is 0.201 e. The van der Waals surface area contributed by atoms with Crippen molar-refractivity contribution in [1.82, 2.24) is 20.4 Å². The minimum atomic E-state index is 0.477. The smallest absolute Gasteiger partial charge is 0.201 e. The van der Waals surface area contributed by atoms with E-state index in [0.29, 0.717) is 30.1 Å². The molecule has 2 aromatic heterocycles. The molecule has 2 rings (SSSR count). The van der Waals surface area contributed by atoms with Gasteiger partial charge in [0.25, 0.3) is 0 Å². The van der Waals surface area contributed by atoms with Gasteiger partial charge in [-0.2, -0.15) is 10.3 Å². The van der Waals surface area contributed by atoms with Crippen LogP contribution in [-0.4, -0.2) is 33.5 Å². The molecule has 2 aromatic rings. The Labute approximate surface area is 74.1 Å². The molecule has 6 heteroatoms. The Bertz CT molecular complexity index is 398. The molecule has 0 aliphatic carbocycles. The van der Waals surface area contributed by atoms with Crippen molar-refractivity contribution in [3.05, 3.63) is 12.3 Å². The molecule has 0 fully saturated rings. The van der Waals surface area contributed by atoms with Crippen LogP contribution in [0, 0.1) is 0 Å². The van der Waals surface area contributed by atoms with Crippen LogP contribution >= 0.6 is 0 Å². The van der Waals surface area contributed by atoms with Crippen molar-refractivity contribution in [1.29, 1.82) is 0 Å². The predicted molar refractivity (Wildman–Crippen MR) is 46.2 cm³/mol. The van der Waals surface area contributed by atoms with Crippen LogP contribution < -0.4 is 10.5 Å². The summed E-state index contributed by atoms with van der Waals surface area (Å²) in [5.41, 5.74) is 6.56. The number of aromatic amines is 1. The van der Waals surface area contributed by atoms with Crippen LogP contribution in [-0.2, 0) is 0 Å². The van der Waals surface area contributed by atoms with E-state index >= 15 is 0 Å². The van der Waals surface area contributed by atoms with Crippen molar-refractivity contribution in [3.8, 4) is 5.75 Å². The predicted octanol–water partition coefficient (Wildman–Crippen LogP) is -0.310. The number of hydrogen-bond donors (Lipinski definition) is 2. The fraction of sp³-hybridized carbons (Fsp3) is 0.286. The fourth-order valence-electron chi connectivity index (χ4n) is 0.978. The summed E-state index contributed by atoms with van der Waals surface area (Å²) >= 11 is 0. The third kappa shape index (κ3) is 1.57. The SMILES string of the molecule is NCCOc1cnc2n[nH]nc2c1. The van der Waals surface area contributed by atoms with Gasteiger partial charge in [-0.25, -0.2) is 4.98 Å². The van der Waals surface area contributed by atoms with Crippen molar-refractivity contribution in [3.63, 3.8) is 0 Å². The van der Waals surface area contributed by atoms with Crippen LogP contribution in [0.25, 0.3) is 11.2 Å². The Kier molecular flexibility index (Phi) is 2.05. The zero-order chi connectivity index (χ0) is 9.10. The molecule has 2 heterocycles. The van der Waals surface area contributed by atoms with E-state index in [-0.39, 0.29) is 0 Å². The highest BCUT2D eigenvalue weighted by molar-refractivity contribution is 5.69. The van der Waals surface area contributed by atoms with E-state index in [1.165, 1.54) is 0 Å². The number of hydrogen-bond acceptors (Lipinski definition) is 5. The number of pyridine rings is 1. The van der Waals surface area contributed by atoms with E-state index in [1.807, 2.05) is 0 Å². The van der Waals surface area contributed by atoms with Gasteiger partial charge in [-0.3, -0.25) is 0 Å². The topological polar surface area (TPSA) is 89.7 Å². The van der Waals surface area contributed by atoms with Crippen LogP contribution in [0.3, 0.4) is 0 Å². The molecule has 0 aromatic carbocycles. The first-order valence-electron chi connectivity index (χ1n) is 3.89. The molecule has 6 nitrogen and oxygen atoms in total. The summed E-state index contributed by atoms with van der Waals surface area (Å²) in [4.78, 5) is 4.02. The highest BCUT2D eigenvalue weighted by atomic mass is 16.5. The third-order valence-electron chi connectivity index (χ3n) is 1.54. The lowest BCUT2D eigenvalue weighted by atomic mass is 10.4. The van der Waals surface area contributed by atoms with Gasteiger partial charge in [0.05, 0.1) is 6.20 Å². The van der Waals surface area contributed by atoms with Gasteiger partial charge in [0, 0.05) is 12.6 Å². The number of fused-ring (bicyclic) bond motifs is 1. The van der Waals surface area contributed by atoms with E-state index in [9.17, 15) is 0 Å². The molecule has 0 spiro atoms. The second kappa shape index (κ2) is 3.36. The third-order valence-corrected chi connectivity index (χ3v) is 1.54. The van der Waals surface area contributed by atoms with Crippen LogP contribution in [0.15, 0.2) is 12.3 Å². The minimum Gasteiger partial charge on any atom is -0.491 e. The minimum absolute atomic E-state index is 0.477. The summed E-state index contributed by atoms with van der Waals surface area (Å²) < 4.78 is 5.26. The van der Waals surface area contributed by atoms with Crippen molar-refractivity contribution < 1.29 is 4.74 Å². The molecular weight excluding hydrogens is 170 g/mol. The normalized spacial score (nSPS) is 10.5. The summed E-state index contributed by atoms with van der Waals surface area (Å²) in [6, 6.07) is 1.77. The van der Waals surface area contributed by atoms with Crippen LogP contribution in [0.5, 0.6) is 5.75 Å². The molecule has 0 amide bonds.